The number of hydrogen-bond acceptors (Lipinski definition) is 5. The third kappa shape index (κ3) is 10.5. The minimum atomic E-state index is -2.06. The highest BCUT2D eigenvalue weighted by molar-refractivity contribution is 6.74. The Kier molecular flexibility index (Phi) is 13.0. The molecule has 0 aliphatic rings. The zero-order chi connectivity index (χ0) is 25.3. The Morgan fingerprint density at radius 3 is 2.06 bits per heavy atom. The van der Waals surface area contributed by atoms with Crippen molar-refractivity contribution in [1.29, 1.82) is 0 Å². The molecule has 0 fully saturated rings. The first-order chi connectivity index (χ1) is 14.5. The standard InChI is InChI=1S/C26H52O5Si/c1-13-14-15-19(2)21(27)18-23(31-32(11,12)26(7,8)9)20(3)22(29-10)16-17-30-24(28)25(4,5)6/h14-15,19-23,27H,13,16-18H2,1-12H3/b15-14+/t19-,20+,21-,22-,23-/m0/s1. The summed E-state index contributed by atoms with van der Waals surface area (Å²) in [5.74, 6) is -0.109. The molecule has 0 spiro atoms. The van der Waals surface area contributed by atoms with Crippen molar-refractivity contribution in [3.63, 3.8) is 0 Å². The van der Waals surface area contributed by atoms with Crippen molar-refractivity contribution >= 4 is 14.3 Å². The minimum Gasteiger partial charge on any atom is -0.465 e. The molecule has 0 saturated heterocycles. The van der Waals surface area contributed by atoms with E-state index in [9.17, 15) is 9.90 Å². The number of aliphatic hydroxyl groups is 1. The molecule has 5 nitrogen and oxygen atoms in total. The molecule has 0 saturated carbocycles. The molecule has 0 aliphatic carbocycles. The quantitative estimate of drug-likeness (QED) is 0.192. The fourth-order valence-corrected chi connectivity index (χ4v) is 4.60. The number of esters is 1. The van der Waals surface area contributed by atoms with Gasteiger partial charge in [0, 0.05) is 25.4 Å². The average molecular weight is 473 g/mol. The van der Waals surface area contributed by atoms with Crippen LogP contribution in [0.1, 0.15) is 81.6 Å². The molecule has 0 radical (unpaired) electrons. The SMILES string of the molecule is CC/C=C/[C@H](C)[C@@H](O)C[C@H](O[Si](C)(C)C(C)(C)C)[C@H](C)[C@H](CCOC(=O)C(C)(C)C)OC. The van der Waals surface area contributed by atoms with Gasteiger partial charge in [0.15, 0.2) is 8.32 Å². The summed E-state index contributed by atoms with van der Waals surface area (Å²) in [5.41, 5.74) is -0.519. The van der Waals surface area contributed by atoms with E-state index in [2.05, 4.69) is 59.9 Å². The molecular weight excluding hydrogens is 420 g/mol. The van der Waals surface area contributed by atoms with E-state index in [1.807, 2.05) is 27.7 Å². The lowest BCUT2D eigenvalue weighted by Gasteiger charge is -2.43. The summed E-state index contributed by atoms with van der Waals surface area (Å²) < 4.78 is 18.1. The Morgan fingerprint density at radius 2 is 1.62 bits per heavy atom. The summed E-state index contributed by atoms with van der Waals surface area (Å²) in [6, 6.07) is 0. The van der Waals surface area contributed by atoms with E-state index in [1.165, 1.54) is 0 Å². The molecule has 0 rings (SSSR count). The Balaban J connectivity index is 5.50. The monoisotopic (exact) mass is 472 g/mol. The fraction of sp³-hybridized carbons (Fsp3) is 0.885. The summed E-state index contributed by atoms with van der Waals surface area (Å²) in [6.45, 7) is 23.3. The summed E-state index contributed by atoms with van der Waals surface area (Å²) in [5, 5.41) is 11.0. The number of allylic oxidation sites excluding steroid dienone is 1. The average Bonchev–Trinajstić information content (AvgIpc) is 2.66. The molecular formula is C26H52O5Si. The minimum absolute atomic E-state index is 0.0412. The largest absolute Gasteiger partial charge is 0.465 e. The highest BCUT2D eigenvalue weighted by atomic mass is 28.4. The number of carbonyl (C=O) groups excluding carboxylic acids is 1. The van der Waals surface area contributed by atoms with Crippen molar-refractivity contribution < 1.29 is 23.8 Å². The Morgan fingerprint density at radius 1 is 1.06 bits per heavy atom. The van der Waals surface area contributed by atoms with Crippen LogP contribution in [0.2, 0.25) is 18.1 Å². The maximum absolute atomic E-state index is 12.1. The van der Waals surface area contributed by atoms with Crippen LogP contribution >= 0.6 is 0 Å². The van der Waals surface area contributed by atoms with Crippen molar-refractivity contribution in [2.45, 2.75) is 118 Å². The van der Waals surface area contributed by atoms with Gasteiger partial charge in [-0.05, 0) is 51.7 Å². The van der Waals surface area contributed by atoms with E-state index in [-0.39, 0.29) is 35.1 Å². The van der Waals surface area contributed by atoms with Crippen molar-refractivity contribution in [3.05, 3.63) is 12.2 Å². The third-order valence-corrected chi connectivity index (χ3v) is 11.2. The van der Waals surface area contributed by atoms with Gasteiger partial charge in [-0.1, -0.05) is 53.7 Å². The van der Waals surface area contributed by atoms with Crippen LogP contribution in [0.3, 0.4) is 0 Å². The second kappa shape index (κ2) is 13.3. The smallest absolute Gasteiger partial charge is 0.311 e. The van der Waals surface area contributed by atoms with E-state index in [0.717, 1.165) is 6.42 Å². The van der Waals surface area contributed by atoms with Gasteiger partial charge in [0.1, 0.15) is 0 Å². The van der Waals surface area contributed by atoms with Gasteiger partial charge in [-0.25, -0.2) is 0 Å². The van der Waals surface area contributed by atoms with Gasteiger partial charge in [-0.2, -0.15) is 0 Å². The van der Waals surface area contributed by atoms with Gasteiger partial charge in [-0.15, -0.1) is 0 Å². The van der Waals surface area contributed by atoms with E-state index in [0.29, 0.717) is 19.4 Å². The molecule has 0 amide bonds. The molecule has 0 aliphatic heterocycles. The highest BCUT2D eigenvalue weighted by Crippen LogP contribution is 2.39. The Hall–Kier alpha value is -0.693. The lowest BCUT2D eigenvalue weighted by molar-refractivity contribution is -0.154. The summed E-state index contributed by atoms with van der Waals surface area (Å²) in [7, 11) is -0.367. The molecule has 6 heteroatoms. The molecule has 0 aromatic heterocycles. The van der Waals surface area contributed by atoms with Crippen LogP contribution in [0, 0.1) is 17.3 Å². The predicted octanol–water partition coefficient (Wildman–Crippen LogP) is 6.36. The molecule has 32 heavy (non-hydrogen) atoms. The first kappa shape index (κ1) is 31.3. The molecule has 1 N–H and O–H groups in total. The van der Waals surface area contributed by atoms with Crippen LogP contribution in [0.15, 0.2) is 12.2 Å². The Labute approximate surface area is 199 Å². The van der Waals surface area contributed by atoms with Crippen molar-refractivity contribution in [2.24, 2.45) is 17.3 Å². The van der Waals surface area contributed by atoms with E-state index < -0.39 is 19.8 Å². The number of carbonyl (C=O) groups is 1. The van der Waals surface area contributed by atoms with Crippen LogP contribution in [-0.2, 0) is 18.7 Å². The zero-order valence-electron chi connectivity index (χ0n) is 23.0. The van der Waals surface area contributed by atoms with E-state index >= 15 is 0 Å². The van der Waals surface area contributed by atoms with E-state index in [4.69, 9.17) is 13.9 Å². The number of methoxy groups -OCH3 is 1. The van der Waals surface area contributed by atoms with Crippen LogP contribution in [-0.4, -0.2) is 51.4 Å². The predicted molar refractivity (Wildman–Crippen MR) is 136 cm³/mol. The first-order valence-electron chi connectivity index (χ1n) is 12.2. The molecule has 0 aromatic rings. The topological polar surface area (TPSA) is 65.0 Å². The maximum Gasteiger partial charge on any atom is 0.311 e. The molecule has 0 unspecified atom stereocenters. The van der Waals surface area contributed by atoms with Crippen LogP contribution in [0.5, 0.6) is 0 Å². The van der Waals surface area contributed by atoms with Gasteiger partial charge in [0.2, 0.25) is 0 Å². The van der Waals surface area contributed by atoms with Crippen molar-refractivity contribution in [3.8, 4) is 0 Å². The van der Waals surface area contributed by atoms with Gasteiger partial charge < -0.3 is 19.0 Å². The summed E-state index contributed by atoms with van der Waals surface area (Å²) >= 11 is 0. The zero-order valence-corrected chi connectivity index (χ0v) is 24.0. The van der Waals surface area contributed by atoms with Gasteiger partial charge in [-0.3, -0.25) is 4.79 Å². The second-order valence-corrected chi connectivity index (χ2v) is 16.5. The van der Waals surface area contributed by atoms with E-state index in [1.54, 1.807) is 7.11 Å². The second-order valence-electron chi connectivity index (χ2n) is 11.7. The van der Waals surface area contributed by atoms with Crippen LogP contribution in [0.25, 0.3) is 0 Å². The van der Waals surface area contributed by atoms with Gasteiger partial charge in [0.05, 0.1) is 30.3 Å². The number of hydrogen-bond donors (Lipinski definition) is 1. The normalized spacial score (nSPS) is 18.3. The van der Waals surface area contributed by atoms with Gasteiger partial charge in [0.25, 0.3) is 0 Å². The third-order valence-electron chi connectivity index (χ3n) is 6.73. The van der Waals surface area contributed by atoms with Crippen molar-refractivity contribution in [1.82, 2.24) is 0 Å². The number of ether oxygens (including phenoxy) is 2. The van der Waals surface area contributed by atoms with Crippen LogP contribution < -0.4 is 0 Å². The Bertz CT molecular complexity index is 574. The lowest BCUT2D eigenvalue weighted by Crippen LogP contribution is -2.48. The lowest BCUT2D eigenvalue weighted by atomic mass is 9.89. The first-order valence-corrected chi connectivity index (χ1v) is 15.1. The fourth-order valence-electron chi connectivity index (χ4n) is 3.18. The molecule has 0 bridgehead atoms. The summed E-state index contributed by atoms with van der Waals surface area (Å²) in [4.78, 5) is 12.1. The molecule has 5 atom stereocenters. The van der Waals surface area contributed by atoms with Crippen molar-refractivity contribution in [2.75, 3.05) is 13.7 Å². The maximum atomic E-state index is 12.1. The van der Waals surface area contributed by atoms with Gasteiger partial charge >= 0.3 is 5.97 Å². The molecule has 0 aromatic carbocycles. The number of aliphatic hydroxyl groups excluding tert-OH is 1. The molecule has 0 heterocycles. The number of rotatable bonds is 13. The highest BCUT2D eigenvalue weighted by Gasteiger charge is 2.42. The molecule has 190 valence electrons. The van der Waals surface area contributed by atoms with Crippen LogP contribution in [0.4, 0.5) is 0 Å². The summed E-state index contributed by atoms with van der Waals surface area (Å²) in [6.07, 6.45) is 5.50.